The summed E-state index contributed by atoms with van der Waals surface area (Å²) in [7, 11) is 2.01. The van der Waals surface area contributed by atoms with E-state index in [1.807, 2.05) is 24.9 Å². The zero-order chi connectivity index (χ0) is 16.4. The minimum absolute atomic E-state index is 0.458. The molecule has 6 nitrogen and oxygen atoms in total. The molecule has 5 heterocycles. The normalized spacial score (nSPS) is 23.1. The molecule has 5 rings (SSSR count). The Morgan fingerprint density at radius 1 is 1.21 bits per heavy atom. The lowest BCUT2D eigenvalue weighted by Crippen LogP contribution is -2.38. The Bertz CT molecular complexity index is 937. The zero-order valence-corrected chi connectivity index (χ0v) is 14.4. The Morgan fingerprint density at radius 2 is 2.08 bits per heavy atom. The molecule has 2 bridgehead atoms. The third-order valence-electron chi connectivity index (χ3n) is 5.86. The van der Waals surface area contributed by atoms with Crippen LogP contribution in [-0.4, -0.2) is 35.3 Å². The molecule has 1 saturated heterocycles. The molecule has 0 aromatic carbocycles. The molecule has 2 aliphatic heterocycles. The standard InChI is InChI=1S/C18H22N6/c1-11-6-18-19-9-15-16-5-4-14(7-17(15)24(18)21-11)23(16)10-13-8-20-22(3)12(13)2/h6,8-9,14,16H,4-5,7,10H2,1-3H3/t14-,16-/m0/s1. The molecule has 24 heavy (non-hydrogen) atoms. The fourth-order valence-electron chi connectivity index (χ4n) is 4.44. The third kappa shape index (κ3) is 1.89. The summed E-state index contributed by atoms with van der Waals surface area (Å²) < 4.78 is 4.04. The minimum atomic E-state index is 0.458. The molecule has 0 amide bonds. The van der Waals surface area contributed by atoms with Gasteiger partial charge in [-0.15, -0.1) is 0 Å². The smallest absolute Gasteiger partial charge is 0.155 e. The van der Waals surface area contributed by atoms with Crippen molar-refractivity contribution in [3.05, 3.63) is 46.7 Å². The van der Waals surface area contributed by atoms with Crippen LogP contribution in [0.3, 0.4) is 0 Å². The van der Waals surface area contributed by atoms with Crippen LogP contribution in [0, 0.1) is 13.8 Å². The molecule has 0 saturated carbocycles. The van der Waals surface area contributed by atoms with Gasteiger partial charge in [0.25, 0.3) is 0 Å². The van der Waals surface area contributed by atoms with Gasteiger partial charge in [-0.1, -0.05) is 0 Å². The number of hydrogen-bond acceptors (Lipinski definition) is 4. The minimum Gasteiger partial charge on any atom is -0.288 e. The van der Waals surface area contributed by atoms with Crippen molar-refractivity contribution < 1.29 is 0 Å². The molecule has 0 radical (unpaired) electrons. The molecule has 1 fully saturated rings. The maximum atomic E-state index is 4.67. The number of rotatable bonds is 2. The second-order valence-corrected chi connectivity index (χ2v) is 7.22. The highest BCUT2D eigenvalue weighted by Gasteiger charge is 2.41. The van der Waals surface area contributed by atoms with Gasteiger partial charge in [-0.05, 0) is 26.7 Å². The van der Waals surface area contributed by atoms with Gasteiger partial charge in [-0.25, -0.2) is 9.50 Å². The van der Waals surface area contributed by atoms with Crippen molar-refractivity contribution in [2.75, 3.05) is 0 Å². The molecule has 3 aromatic heterocycles. The van der Waals surface area contributed by atoms with E-state index in [1.165, 1.54) is 35.4 Å². The predicted octanol–water partition coefficient (Wildman–Crippen LogP) is 2.34. The quantitative estimate of drug-likeness (QED) is 0.727. The molecule has 6 heteroatoms. The molecular weight excluding hydrogens is 300 g/mol. The Balaban J connectivity index is 1.55. The largest absolute Gasteiger partial charge is 0.288 e. The van der Waals surface area contributed by atoms with Gasteiger partial charge in [0.15, 0.2) is 5.65 Å². The highest BCUT2D eigenvalue weighted by Crippen LogP contribution is 2.44. The average molecular weight is 322 g/mol. The monoisotopic (exact) mass is 322 g/mol. The van der Waals surface area contributed by atoms with E-state index < -0.39 is 0 Å². The van der Waals surface area contributed by atoms with Crippen LogP contribution in [0.4, 0.5) is 0 Å². The Hall–Kier alpha value is -2.21. The van der Waals surface area contributed by atoms with E-state index in [-0.39, 0.29) is 0 Å². The van der Waals surface area contributed by atoms with Crippen molar-refractivity contribution in [3.8, 4) is 0 Å². The van der Waals surface area contributed by atoms with Gasteiger partial charge < -0.3 is 0 Å². The molecule has 2 aliphatic rings. The van der Waals surface area contributed by atoms with Gasteiger partial charge in [-0.3, -0.25) is 9.58 Å². The summed E-state index contributed by atoms with van der Waals surface area (Å²) in [4.78, 5) is 7.30. The van der Waals surface area contributed by atoms with Crippen molar-refractivity contribution in [2.24, 2.45) is 7.05 Å². The number of hydrogen-bond donors (Lipinski definition) is 0. The topological polar surface area (TPSA) is 51.2 Å². The number of aryl methyl sites for hydroxylation is 2. The van der Waals surface area contributed by atoms with Crippen molar-refractivity contribution in [3.63, 3.8) is 0 Å². The van der Waals surface area contributed by atoms with Gasteiger partial charge in [0.05, 0.1) is 17.6 Å². The Labute approximate surface area is 141 Å². The summed E-state index contributed by atoms with van der Waals surface area (Å²) in [6.45, 7) is 5.17. The van der Waals surface area contributed by atoms with Crippen LogP contribution in [0.5, 0.6) is 0 Å². The van der Waals surface area contributed by atoms with Gasteiger partial charge in [0.2, 0.25) is 0 Å². The van der Waals surface area contributed by atoms with Gasteiger partial charge >= 0.3 is 0 Å². The van der Waals surface area contributed by atoms with Crippen molar-refractivity contribution in [1.82, 2.24) is 29.3 Å². The van der Waals surface area contributed by atoms with Gasteiger partial charge in [0, 0.05) is 61.2 Å². The van der Waals surface area contributed by atoms with Crippen LogP contribution in [0.2, 0.25) is 0 Å². The lowest BCUT2D eigenvalue weighted by atomic mass is 9.98. The summed E-state index contributed by atoms with van der Waals surface area (Å²) in [5, 5.41) is 9.08. The first-order valence-corrected chi connectivity index (χ1v) is 8.69. The maximum Gasteiger partial charge on any atom is 0.155 e. The van der Waals surface area contributed by atoms with Crippen LogP contribution in [0.1, 0.15) is 47.1 Å². The average Bonchev–Trinajstić information content (AvgIpc) is 3.18. The molecule has 124 valence electrons. The van der Waals surface area contributed by atoms with Crippen LogP contribution >= 0.6 is 0 Å². The van der Waals surface area contributed by atoms with Gasteiger partial charge in [0.1, 0.15) is 0 Å². The molecule has 2 atom stereocenters. The first-order valence-electron chi connectivity index (χ1n) is 8.69. The fraction of sp³-hybridized carbons (Fsp3) is 0.500. The molecule has 0 aliphatic carbocycles. The summed E-state index contributed by atoms with van der Waals surface area (Å²) in [5.74, 6) is 0. The maximum absolute atomic E-state index is 4.67. The van der Waals surface area contributed by atoms with Crippen LogP contribution in [0.15, 0.2) is 18.5 Å². The summed E-state index contributed by atoms with van der Waals surface area (Å²) in [6.07, 6.45) is 7.62. The lowest BCUT2D eigenvalue weighted by Gasteiger charge is -2.36. The van der Waals surface area contributed by atoms with E-state index >= 15 is 0 Å². The van der Waals surface area contributed by atoms with E-state index in [9.17, 15) is 0 Å². The van der Waals surface area contributed by atoms with Crippen LogP contribution in [-0.2, 0) is 20.0 Å². The third-order valence-corrected chi connectivity index (χ3v) is 5.86. The van der Waals surface area contributed by atoms with Gasteiger partial charge in [-0.2, -0.15) is 10.2 Å². The summed E-state index contributed by atoms with van der Waals surface area (Å²) in [5.41, 5.74) is 7.33. The second-order valence-electron chi connectivity index (χ2n) is 7.22. The first kappa shape index (κ1) is 14.2. The molecule has 3 aromatic rings. The predicted molar refractivity (Wildman–Crippen MR) is 90.7 cm³/mol. The summed E-state index contributed by atoms with van der Waals surface area (Å²) >= 11 is 0. The highest BCUT2D eigenvalue weighted by molar-refractivity contribution is 5.44. The fourth-order valence-corrected chi connectivity index (χ4v) is 4.44. The Morgan fingerprint density at radius 3 is 2.88 bits per heavy atom. The highest BCUT2D eigenvalue weighted by atomic mass is 15.3. The second kappa shape index (κ2) is 4.89. The molecular formula is C18H22N6. The number of nitrogens with zero attached hydrogens (tertiary/aromatic N) is 6. The number of fused-ring (bicyclic) bond motifs is 6. The van der Waals surface area contributed by atoms with Crippen molar-refractivity contribution in [2.45, 2.75) is 51.7 Å². The van der Waals surface area contributed by atoms with E-state index in [4.69, 9.17) is 0 Å². The van der Waals surface area contributed by atoms with Crippen molar-refractivity contribution >= 4 is 5.65 Å². The summed E-state index contributed by atoms with van der Waals surface area (Å²) in [6, 6.07) is 3.12. The van der Waals surface area contributed by atoms with Crippen LogP contribution < -0.4 is 0 Å². The van der Waals surface area contributed by atoms with E-state index in [0.717, 1.165) is 24.3 Å². The van der Waals surface area contributed by atoms with Crippen LogP contribution in [0.25, 0.3) is 5.65 Å². The first-order chi connectivity index (χ1) is 11.6. The van der Waals surface area contributed by atoms with E-state index in [0.29, 0.717) is 12.1 Å². The molecule has 0 unspecified atom stereocenters. The van der Waals surface area contributed by atoms with Crippen molar-refractivity contribution in [1.29, 1.82) is 0 Å². The molecule has 0 spiro atoms. The van der Waals surface area contributed by atoms with E-state index in [2.05, 4.69) is 43.8 Å². The van der Waals surface area contributed by atoms with E-state index in [1.54, 1.807) is 0 Å². The molecule has 0 N–H and O–H groups in total. The SMILES string of the molecule is Cc1cc2ncc3c(n2n1)C[C@@H]1CC[C@@H]3N1Cc1cnn(C)c1C. The Kier molecular flexibility index (Phi) is 2.89. The number of aromatic nitrogens is 5. The lowest BCUT2D eigenvalue weighted by molar-refractivity contribution is 0.164. The zero-order valence-electron chi connectivity index (χ0n) is 14.4.